The number of hydrogen-bond acceptors (Lipinski definition) is 3. The molecule has 4 nitrogen and oxygen atoms in total. The van der Waals surface area contributed by atoms with E-state index in [9.17, 15) is 4.79 Å². The highest BCUT2D eigenvalue weighted by molar-refractivity contribution is 6.32. The Morgan fingerprint density at radius 3 is 2.88 bits per heavy atom. The number of carbonyl (C=O) groups excluding carboxylic acids is 1. The zero-order chi connectivity index (χ0) is 11.7. The van der Waals surface area contributed by atoms with Gasteiger partial charge in [-0.15, -0.1) is 0 Å². The molecule has 0 unspecified atom stereocenters. The Morgan fingerprint density at radius 2 is 2.19 bits per heavy atom. The van der Waals surface area contributed by atoms with Gasteiger partial charge in [-0.1, -0.05) is 17.7 Å². The SMILES string of the molecule is Cc1ccc2cc(Cl)cc(C(=O)NO)c2n1. The molecule has 0 atom stereocenters. The fraction of sp³-hybridized carbons (Fsp3) is 0.0909. The highest BCUT2D eigenvalue weighted by atomic mass is 35.5. The number of aryl methyl sites for hydroxylation is 1. The third-order valence-corrected chi connectivity index (χ3v) is 2.46. The van der Waals surface area contributed by atoms with Crippen molar-refractivity contribution in [2.24, 2.45) is 0 Å². The van der Waals surface area contributed by atoms with Crippen LogP contribution in [0, 0.1) is 6.92 Å². The van der Waals surface area contributed by atoms with Gasteiger partial charge in [-0.25, -0.2) is 5.48 Å². The molecule has 0 bridgehead atoms. The predicted molar refractivity (Wildman–Crippen MR) is 60.7 cm³/mol. The predicted octanol–water partition coefficient (Wildman–Crippen LogP) is 2.32. The van der Waals surface area contributed by atoms with E-state index in [1.807, 2.05) is 19.1 Å². The van der Waals surface area contributed by atoms with Crippen molar-refractivity contribution in [1.29, 1.82) is 0 Å². The standard InChI is InChI=1S/C11H9ClN2O2/c1-6-2-3-7-4-8(12)5-9(10(7)13-6)11(15)14-16/h2-5,16H,1H3,(H,14,15). The van der Waals surface area contributed by atoms with Gasteiger partial charge in [0.1, 0.15) is 0 Å². The summed E-state index contributed by atoms with van der Waals surface area (Å²) in [6, 6.07) is 6.86. The van der Waals surface area contributed by atoms with E-state index in [2.05, 4.69) is 4.98 Å². The molecule has 0 aliphatic carbocycles. The molecular weight excluding hydrogens is 228 g/mol. The number of benzene rings is 1. The van der Waals surface area contributed by atoms with E-state index in [0.717, 1.165) is 11.1 Å². The molecule has 2 N–H and O–H groups in total. The first kappa shape index (κ1) is 10.9. The van der Waals surface area contributed by atoms with Crippen molar-refractivity contribution in [2.45, 2.75) is 6.92 Å². The molecule has 2 rings (SSSR count). The van der Waals surface area contributed by atoms with Crippen LogP contribution in [-0.4, -0.2) is 16.1 Å². The molecule has 0 aliphatic heterocycles. The summed E-state index contributed by atoms with van der Waals surface area (Å²) in [6.07, 6.45) is 0. The zero-order valence-corrected chi connectivity index (χ0v) is 9.25. The van der Waals surface area contributed by atoms with Crippen molar-refractivity contribution in [3.05, 3.63) is 40.5 Å². The normalized spacial score (nSPS) is 10.4. The van der Waals surface area contributed by atoms with Crippen molar-refractivity contribution < 1.29 is 10.0 Å². The van der Waals surface area contributed by atoms with E-state index in [4.69, 9.17) is 16.8 Å². The molecule has 0 spiro atoms. The Balaban J connectivity index is 2.79. The smallest absolute Gasteiger partial charge is 0.276 e. The maximum atomic E-state index is 11.4. The summed E-state index contributed by atoms with van der Waals surface area (Å²) < 4.78 is 0. The van der Waals surface area contributed by atoms with Crippen molar-refractivity contribution in [3.63, 3.8) is 0 Å². The lowest BCUT2D eigenvalue weighted by Gasteiger charge is -2.05. The van der Waals surface area contributed by atoms with Gasteiger partial charge in [0, 0.05) is 16.1 Å². The van der Waals surface area contributed by atoms with E-state index in [1.165, 1.54) is 6.07 Å². The van der Waals surface area contributed by atoms with Crippen LogP contribution in [0.25, 0.3) is 10.9 Å². The van der Waals surface area contributed by atoms with Gasteiger partial charge in [-0.2, -0.15) is 0 Å². The van der Waals surface area contributed by atoms with Gasteiger partial charge in [0.2, 0.25) is 0 Å². The molecule has 0 radical (unpaired) electrons. The summed E-state index contributed by atoms with van der Waals surface area (Å²) in [5.74, 6) is -0.620. The number of halogens is 1. The summed E-state index contributed by atoms with van der Waals surface area (Å²) in [4.78, 5) is 15.7. The third-order valence-electron chi connectivity index (χ3n) is 2.24. The number of nitrogens with zero attached hydrogens (tertiary/aromatic N) is 1. The second kappa shape index (κ2) is 4.08. The highest BCUT2D eigenvalue weighted by Gasteiger charge is 2.12. The first-order chi connectivity index (χ1) is 7.61. The molecule has 2 aromatic rings. The monoisotopic (exact) mass is 236 g/mol. The number of aromatic nitrogens is 1. The quantitative estimate of drug-likeness (QED) is 0.590. The Morgan fingerprint density at radius 1 is 1.44 bits per heavy atom. The van der Waals surface area contributed by atoms with E-state index in [1.54, 1.807) is 11.5 Å². The molecule has 1 aromatic heterocycles. The largest absolute Gasteiger partial charge is 0.288 e. The summed E-state index contributed by atoms with van der Waals surface area (Å²) in [5, 5.41) is 9.83. The van der Waals surface area contributed by atoms with Crippen molar-refractivity contribution in [3.8, 4) is 0 Å². The van der Waals surface area contributed by atoms with Gasteiger partial charge in [0.05, 0.1) is 11.1 Å². The number of pyridine rings is 1. The van der Waals surface area contributed by atoms with Crippen LogP contribution in [0.1, 0.15) is 16.1 Å². The van der Waals surface area contributed by atoms with Gasteiger partial charge >= 0.3 is 0 Å². The topological polar surface area (TPSA) is 62.2 Å². The first-order valence-electron chi connectivity index (χ1n) is 4.63. The van der Waals surface area contributed by atoms with Gasteiger partial charge in [0.25, 0.3) is 5.91 Å². The molecule has 0 aliphatic rings. The van der Waals surface area contributed by atoms with Crippen molar-refractivity contribution in [1.82, 2.24) is 10.5 Å². The van der Waals surface area contributed by atoms with E-state index < -0.39 is 5.91 Å². The van der Waals surface area contributed by atoms with Crippen LogP contribution in [0.15, 0.2) is 24.3 Å². The number of amides is 1. The Bertz CT molecular complexity index is 569. The highest BCUT2D eigenvalue weighted by Crippen LogP contribution is 2.22. The van der Waals surface area contributed by atoms with Gasteiger partial charge < -0.3 is 0 Å². The Hall–Kier alpha value is -1.65. The fourth-order valence-electron chi connectivity index (χ4n) is 1.53. The maximum absolute atomic E-state index is 11.4. The summed E-state index contributed by atoms with van der Waals surface area (Å²) in [7, 11) is 0. The van der Waals surface area contributed by atoms with Crippen LogP contribution >= 0.6 is 11.6 Å². The molecule has 1 amide bonds. The molecule has 0 saturated carbocycles. The van der Waals surface area contributed by atoms with Gasteiger partial charge in [-0.05, 0) is 25.1 Å². The number of hydrogen-bond donors (Lipinski definition) is 2. The maximum Gasteiger partial charge on any atom is 0.276 e. The van der Waals surface area contributed by atoms with Crippen LogP contribution in [0.2, 0.25) is 5.02 Å². The minimum absolute atomic E-state index is 0.258. The Labute approximate surface area is 96.8 Å². The van der Waals surface area contributed by atoms with Gasteiger partial charge in [0.15, 0.2) is 0 Å². The number of fused-ring (bicyclic) bond motifs is 1. The number of nitrogens with one attached hydrogen (secondary N) is 1. The molecular formula is C11H9ClN2O2. The van der Waals surface area contributed by atoms with Crippen LogP contribution in [0.3, 0.4) is 0 Å². The lowest BCUT2D eigenvalue weighted by molar-refractivity contribution is 0.0708. The minimum Gasteiger partial charge on any atom is -0.288 e. The van der Waals surface area contributed by atoms with Crippen LogP contribution < -0.4 is 5.48 Å². The average Bonchev–Trinajstić information content (AvgIpc) is 2.27. The van der Waals surface area contributed by atoms with Crippen LogP contribution in [0.4, 0.5) is 0 Å². The van der Waals surface area contributed by atoms with E-state index in [0.29, 0.717) is 10.5 Å². The van der Waals surface area contributed by atoms with E-state index in [-0.39, 0.29) is 5.56 Å². The molecule has 1 heterocycles. The van der Waals surface area contributed by atoms with Crippen molar-refractivity contribution in [2.75, 3.05) is 0 Å². The first-order valence-corrected chi connectivity index (χ1v) is 5.01. The van der Waals surface area contributed by atoms with Gasteiger partial charge in [-0.3, -0.25) is 15.0 Å². The third kappa shape index (κ3) is 1.85. The molecule has 82 valence electrons. The average molecular weight is 237 g/mol. The Kier molecular flexibility index (Phi) is 2.77. The number of carbonyl (C=O) groups is 1. The molecule has 1 aromatic carbocycles. The molecule has 0 fully saturated rings. The summed E-state index contributed by atoms with van der Waals surface area (Å²) in [6.45, 7) is 1.83. The number of hydroxylamine groups is 1. The van der Waals surface area contributed by atoms with Crippen LogP contribution in [0.5, 0.6) is 0 Å². The van der Waals surface area contributed by atoms with Crippen molar-refractivity contribution >= 4 is 28.4 Å². The fourth-order valence-corrected chi connectivity index (χ4v) is 1.76. The second-order valence-corrected chi connectivity index (χ2v) is 3.86. The summed E-state index contributed by atoms with van der Waals surface area (Å²) in [5.41, 5.74) is 3.16. The lowest BCUT2D eigenvalue weighted by atomic mass is 10.1. The molecule has 5 heteroatoms. The molecule has 0 saturated heterocycles. The van der Waals surface area contributed by atoms with E-state index >= 15 is 0 Å². The number of rotatable bonds is 1. The zero-order valence-electron chi connectivity index (χ0n) is 8.49. The van der Waals surface area contributed by atoms with Crippen LogP contribution in [-0.2, 0) is 0 Å². The summed E-state index contributed by atoms with van der Waals surface area (Å²) >= 11 is 5.88. The minimum atomic E-state index is -0.620. The lowest BCUT2D eigenvalue weighted by Crippen LogP contribution is -2.19. The molecule has 16 heavy (non-hydrogen) atoms. The second-order valence-electron chi connectivity index (χ2n) is 3.42.